The van der Waals surface area contributed by atoms with Gasteiger partial charge in [0.05, 0.1) is 5.41 Å². The molecule has 3 rings (SSSR count). The topological polar surface area (TPSA) is 32.3 Å². The van der Waals surface area contributed by atoms with Crippen molar-refractivity contribution in [3.05, 3.63) is 0 Å². The van der Waals surface area contributed by atoms with Gasteiger partial charge < -0.3 is 10.2 Å². The fraction of sp³-hybridized carbons (Fsp3) is 0.938. The van der Waals surface area contributed by atoms with Gasteiger partial charge in [-0.05, 0) is 57.0 Å². The zero-order valence-electron chi connectivity index (χ0n) is 12.3. The van der Waals surface area contributed by atoms with Crippen molar-refractivity contribution in [2.45, 2.75) is 51.9 Å². The molecular weight excluding hydrogens is 236 g/mol. The van der Waals surface area contributed by atoms with Crippen LogP contribution in [0.3, 0.4) is 0 Å². The number of piperidine rings is 1. The van der Waals surface area contributed by atoms with E-state index >= 15 is 0 Å². The van der Waals surface area contributed by atoms with Gasteiger partial charge in [0.15, 0.2) is 0 Å². The lowest BCUT2D eigenvalue weighted by molar-refractivity contribution is -0.143. The van der Waals surface area contributed by atoms with Crippen molar-refractivity contribution in [1.82, 2.24) is 10.2 Å². The molecule has 108 valence electrons. The number of amides is 1. The molecule has 1 amide bonds. The van der Waals surface area contributed by atoms with Gasteiger partial charge in [-0.1, -0.05) is 19.8 Å². The van der Waals surface area contributed by atoms with E-state index in [2.05, 4.69) is 17.1 Å². The molecule has 19 heavy (non-hydrogen) atoms. The Morgan fingerprint density at radius 2 is 1.84 bits per heavy atom. The third-order valence-corrected chi connectivity index (χ3v) is 5.76. The monoisotopic (exact) mass is 264 g/mol. The lowest BCUT2D eigenvalue weighted by Gasteiger charge is -2.39. The fourth-order valence-corrected chi connectivity index (χ4v) is 4.69. The molecule has 0 aromatic heterocycles. The number of carbonyl (C=O) groups excluding carboxylic acids is 1. The van der Waals surface area contributed by atoms with E-state index < -0.39 is 0 Å². The summed E-state index contributed by atoms with van der Waals surface area (Å²) < 4.78 is 0. The normalized spacial score (nSPS) is 33.4. The third kappa shape index (κ3) is 2.42. The second-order valence-corrected chi connectivity index (χ2v) is 6.94. The summed E-state index contributed by atoms with van der Waals surface area (Å²) >= 11 is 0. The van der Waals surface area contributed by atoms with E-state index in [1.165, 1.54) is 19.3 Å². The van der Waals surface area contributed by atoms with E-state index in [4.69, 9.17) is 0 Å². The highest BCUT2D eigenvalue weighted by Gasteiger charge is 2.45. The van der Waals surface area contributed by atoms with E-state index in [-0.39, 0.29) is 5.41 Å². The largest absolute Gasteiger partial charge is 0.342 e. The van der Waals surface area contributed by atoms with Gasteiger partial charge in [-0.2, -0.15) is 0 Å². The maximum absolute atomic E-state index is 13.0. The van der Waals surface area contributed by atoms with Crippen LogP contribution in [-0.4, -0.2) is 37.0 Å². The van der Waals surface area contributed by atoms with Crippen molar-refractivity contribution >= 4 is 5.91 Å². The Bertz CT molecular complexity index is 318. The van der Waals surface area contributed by atoms with Gasteiger partial charge in [-0.25, -0.2) is 0 Å². The van der Waals surface area contributed by atoms with Crippen molar-refractivity contribution < 1.29 is 4.79 Å². The maximum Gasteiger partial charge on any atom is 0.228 e. The van der Waals surface area contributed by atoms with Gasteiger partial charge in [0.1, 0.15) is 0 Å². The molecule has 1 N–H and O–H groups in total. The van der Waals surface area contributed by atoms with Crippen molar-refractivity contribution in [3.8, 4) is 0 Å². The van der Waals surface area contributed by atoms with Crippen LogP contribution in [0.4, 0.5) is 0 Å². The maximum atomic E-state index is 13.0. The molecular formula is C16H28N2O. The van der Waals surface area contributed by atoms with Gasteiger partial charge in [0, 0.05) is 13.1 Å². The van der Waals surface area contributed by atoms with E-state index in [0.29, 0.717) is 5.91 Å². The quantitative estimate of drug-likeness (QED) is 0.849. The molecule has 3 heteroatoms. The highest BCUT2D eigenvalue weighted by Crippen LogP contribution is 2.42. The van der Waals surface area contributed by atoms with Crippen molar-refractivity contribution in [2.24, 2.45) is 17.3 Å². The van der Waals surface area contributed by atoms with Crippen LogP contribution in [0, 0.1) is 17.3 Å². The van der Waals surface area contributed by atoms with Crippen LogP contribution in [-0.2, 0) is 4.79 Å². The second-order valence-electron chi connectivity index (χ2n) is 6.94. The first-order chi connectivity index (χ1) is 9.25. The van der Waals surface area contributed by atoms with Crippen LogP contribution in [0.25, 0.3) is 0 Å². The third-order valence-electron chi connectivity index (χ3n) is 5.76. The Morgan fingerprint density at radius 1 is 1.21 bits per heavy atom. The molecule has 2 atom stereocenters. The molecule has 3 aliphatic rings. The number of nitrogens with zero attached hydrogens (tertiary/aromatic N) is 1. The van der Waals surface area contributed by atoms with Crippen molar-refractivity contribution in [1.29, 1.82) is 0 Å². The summed E-state index contributed by atoms with van der Waals surface area (Å²) in [4.78, 5) is 15.3. The highest BCUT2D eigenvalue weighted by atomic mass is 16.2. The Kier molecular flexibility index (Phi) is 3.84. The van der Waals surface area contributed by atoms with E-state index in [1.54, 1.807) is 0 Å². The number of likely N-dealkylation sites (tertiary alicyclic amines) is 1. The van der Waals surface area contributed by atoms with Gasteiger partial charge in [-0.15, -0.1) is 0 Å². The molecule has 0 aromatic carbocycles. The first-order valence-corrected chi connectivity index (χ1v) is 8.25. The molecule has 0 radical (unpaired) electrons. The molecule has 0 bridgehead atoms. The molecule has 2 unspecified atom stereocenters. The first kappa shape index (κ1) is 13.4. The summed E-state index contributed by atoms with van der Waals surface area (Å²) in [6.45, 7) is 6.37. The van der Waals surface area contributed by atoms with E-state index in [9.17, 15) is 4.79 Å². The number of carbonyl (C=O) groups is 1. The van der Waals surface area contributed by atoms with E-state index in [0.717, 1.165) is 63.7 Å². The zero-order chi connectivity index (χ0) is 13.3. The van der Waals surface area contributed by atoms with Crippen LogP contribution in [0.1, 0.15) is 51.9 Å². The number of hydrogen-bond acceptors (Lipinski definition) is 2. The minimum absolute atomic E-state index is 0.0291. The molecule has 0 spiro atoms. The average molecular weight is 264 g/mol. The predicted molar refractivity (Wildman–Crippen MR) is 76.9 cm³/mol. The number of rotatable bonds is 3. The summed E-state index contributed by atoms with van der Waals surface area (Å²) in [6.07, 6.45) is 8.41. The zero-order valence-corrected chi connectivity index (χ0v) is 12.3. The van der Waals surface area contributed by atoms with Gasteiger partial charge >= 0.3 is 0 Å². The summed E-state index contributed by atoms with van der Waals surface area (Å²) in [5.74, 6) is 2.14. The number of hydrogen-bond donors (Lipinski definition) is 1. The summed E-state index contributed by atoms with van der Waals surface area (Å²) in [7, 11) is 0. The molecule has 2 heterocycles. The Labute approximate surface area is 117 Å². The minimum Gasteiger partial charge on any atom is -0.342 e. The van der Waals surface area contributed by atoms with Crippen LogP contribution in [0.5, 0.6) is 0 Å². The molecule has 2 aliphatic heterocycles. The first-order valence-electron chi connectivity index (χ1n) is 8.25. The molecule has 0 aromatic rings. The van der Waals surface area contributed by atoms with Crippen LogP contribution in [0.15, 0.2) is 0 Å². The summed E-state index contributed by atoms with van der Waals surface area (Å²) in [6, 6.07) is 0. The highest BCUT2D eigenvalue weighted by molar-refractivity contribution is 5.83. The van der Waals surface area contributed by atoms with Crippen molar-refractivity contribution in [2.75, 3.05) is 26.2 Å². The van der Waals surface area contributed by atoms with Crippen LogP contribution >= 0.6 is 0 Å². The SMILES string of the molecule is CCCC1(C(=O)N2CC3CCCC3C2)CCNCC1. The summed E-state index contributed by atoms with van der Waals surface area (Å²) in [5, 5.41) is 3.41. The molecule has 1 aliphatic carbocycles. The molecule has 2 saturated heterocycles. The molecule has 3 nitrogen and oxygen atoms in total. The lowest BCUT2D eigenvalue weighted by Crippen LogP contribution is -2.48. The standard InChI is InChI=1S/C16H28N2O/c1-2-6-16(7-9-17-10-8-16)15(19)18-11-13-4-3-5-14(13)12-18/h13-14,17H,2-12H2,1H3. The summed E-state index contributed by atoms with van der Waals surface area (Å²) in [5.41, 5.74) is -0.0291. The van der Waals surface area contributed by atoms with E-state index in [1.807, 2.05) is 0 Å². The molecule has 1 saturated carbocycles. The fourth-order valence-electron chi connectivity index (χ4n) is 4.69. The predicted octanol–water partition coefficient (Wildman–Crippen LogP) is 2.41. The number of nitrogens with one attached hydrogen (secondary N) is 1. The molecule has 3 fully saturated rings. The Balaban J connectivity index is 1.70. The number of fused-ring (bicyclic) bond motifs is 1. The van der Waals surface area contributed by atoms with Crippen LogP contribution in [0.2, 0.25) is 0 Å². The Morgan fingerprint density at radius 3 is 2.42 bits per heavy atom. The van der Waals surface area contributed by atoms with Crippen molar-refractivity contribution in [3.63, 3.8) is 0 Å². The average Bonchev–Trinajstić information content (AvgIpc) is 3.00. The lowest BCUT2D eigenvalue weighted by atomic mass is 9.74. The Hall–Kier alpha value is -0.570. The van der Waals surface area contributed by atoms with Gasteiger partial charge in [-0.3, -0.25) is 4.79 Å². The smallest absolute Gasteiger partial charge is 0.228 e. The van der Waals surface area contributed by atoms with Crippen LogP contribution < -0.4 is 5.32 Å². The minimum atomic E-state index is -0.0291. The van der Waals surface area contributed by atoms with Gasteiger partial charge in [0.2, 0.25) is 5.91 Å². The van der Waals surface area contributed by atoms with Gasteiger partial charge in [0.25, 0.3) is 0 Å². The second kappa shape index (κ2) is 5.43.